The Bertz CT molecular complexity index is 761. The number of hydrogen-bond acceptors (Lipinski definition) is 2. The molecule has 132 valence electrons. The van der Waals surface area contributed by atoms with Crippen LogP contribution in [0, 0.1) is 0 Å². The summed E-state index contributed by atoms with van der Waals surface area (Å²) >= 11 is 18.1. The van der Waals surface area contributed by atoms with E-state index in [1.54, 1.807) is 12.1 Å². The number of carbonyl (C=O) groups excluding carboxylic acids is 1. The second-order valence-corrected chi connectivity index (χ2v) is 7.13. The summed E-state index contributed by atoms with van der Waals surface area (Å²) in [5.74, 6) is 0. The van der Waals surface area contributed by atoms with Crippen molar-refractivity contribution in [3.63, 3.8) is 0 Å². The molecule has 0 saturated carbocycles. The molecule has 2 aromatic carbocycles. The van der Waals surface area contributed by atoms with Crippen molar-refractivity contribution in [1.29, 1.82) is 0 Å². The summed E-state index contributed by atoms with van der Waals surface area (Å²) in [5, 5.41) is 4.77. The zero-order valence-electron chi connectivity index (χ0n) is 13.5. The zero-order chi connectivity index (χ0) is 17.8. The molecule has 25 heavy (non-hydrogen) atoms. The van der Waals surface area contributed by atoms with Gasteiger partial charge in [0.25, 0.3) is 0 Å². The van der Waals surface area contributed by atoms with Crippen LogP contribution in [0.5, 0.6) is 0 Å². The lowest BCUT2D eigenvalue weighted by molar-refractivity contribution is 0.194. The van der Waals surface area contributed by atoms with Crippen molar-refractivity contribution in [1.82, 2.24) is 10.2 Å². The van der Waals surface area contributed by atoms with Crippen molar-refractivity contribution in [2.24, 2.45) is 0 Å². The van der Waals surface area contributed by atoms with E-state index in [1.807, 2.05) is 35.2 Å². The van der Waals surface area contributed by atoms with E-state index in [4.69, 9.17) is 34.8 Å². The molecule has 0 aromatic heterocycles. The van der Waals surface area contributed by atoms with Crippen molar-refractivity contribution >= 4 is 46.5 Å². The minimum atomic E-state index is -0.0863. The lowest BCUT2D eigenvalue weighted by atomic mass is 10.2. The maximum Gasteiger partial charge on any atom is 0.317 e. The van der Waals surface area contributed by atoms with Crippen LogP contribution in [0.1, 0.15) is 5.56 Å². The molecule has 1 heterocycles. The summed E-state index contributed by atoms with van der Waals surface area (Å²) in [6.45, 7) is 3.24. The first-order valence-electron chi connectivity index (χ1n) is 8.00. The minimum Gasteiger partial charge on any atom is -0.368 e. The number of nitrogens with one attached hydrogen (secondary N) is 1. The summed E-state index contributed by atoms with van der Waals surface area (Å²) in [5.41, 5.74) is 1.93. The number of nitrogens with zero attached hydrogens (tertiary/aromatic N) is 2. The van der Waals surface area contributed by atoms with Gasteiger partial charge in [-0.1, -0.05) is 46.9 Å². The highest BCUT2D eigenvalue weighted by Crippen LogP contribution is 2.22. The molecule has 0 unspecified atom stereocenters. The van der Waals surface area contributed by atoms with Gasteiger partial charge >= 0.3 is 6.03 Å². The van der Waals surface area contributed by atoms with Crippen LogP contribution in [-0.2, 0) is 6.54 Å². The van der Waals surface area contributed by atoms with Crippen molar-refractivity contribution in [2.75, 3.05) is 31.1 Å². The lowest BCUT2D eigenvalue weighted by Crippen LogP contribution is -2.51. The smallest absolute Gasteiger partial charge is 0.317 e. The van der Waals surface area contributed by atoms with Gasteiger partial charge in [0.1, 0.15) is 0 Å². The molecule has 1 fully saturated rings. The van der Waals surface area contributed by atoms with Gasteiger partial charge in [-0.25, -0.2) is 4.79 Å². The van der Waals surface area contributed by atoms with Gasteiger partial charge in [0.05, 0.1) is 0 Å². The largest absolute Gasteiger partial charge is 0.368 e. The third-order valence-electron chi connectivity index (χ3n) is 4.19. The van der Waals surface area contributed by atoms with Gasteiger partial charge in [-0.3, -0.25) is 0 Å². The van der Waals surface area contributed by atoms with E-state index in [0.717, 1.165) is 29.4 Å². The lowest BCUT2D eigenvalue weighted by Gasteiger charge is -2.36. The van der Waals surface area contributed by atoms with Crippen LogP contribution in [0.15, 0.2) is 42.5 Å². The Morgan fingerprint density at radius 2 is 1.68 bits per heavy atom. The Labute approximate surface area is 162 Å². The SMILES string of the molecule is O=C(NCc1ccc(Cl)cc1Cl)N1CCN(c2cccc(Cl)c2)CC1. The number of anilines is 1. The van der Waals surface area contributed by atoms with Crippen LogP contribution in [0.25, 0.3) is 0 Å². The fraction of sp³-hybridized carbons (Fsp3) is 0.278. The number of benzene rings is 2. The number of carbonyl (C=O) groups is 1. The van der Waals surface area contributed by atoms with Gasteiger partial charge in [0.15, 0.2) is 0 Å². The van der Waals surface area contributed by atoms with Crippen molar-refractivity contribution < 1.29 is 4.79 Å². The third-order valence-corrected chi connectivity index (χ3v) is 5.01. The van der Waals surface area contributed by atoms with Crippen molar-refractivity contribution in [2.45, 2.75) is 6.54 Å². The Morgan fingerprint density at radius 3 is 2.36 bits per heavy atom. The predicted molar refractivity (Wildman–Crippen MR) is 104 cm³/mol. The zero-order valence-corrected chi connectivity index (χ0v) is 15.8. The summed E-state index contributed by atoms with van der Waals surface area (Å²) < 4.78 is 0. The Kier molecular flexibility index (Phi) is 5.94. The number of rotatable bonds is 3. The Morgan fingerprint density at radius 1 is 0.960 bits per heavy atom. The highest BCUT2D eigenvalue weighted by Gasteiger charge is 2.21. The minimum absolute atomic E-state index is 0.0863. The second-order valence-electron chi connectivity index (χ2n) is 5.85. The fourth-order valence-corrected chi connectivity index (χ4v) is 3.45. The summed E-state index contributed by atoms with van der Waals surface area (Å²) in [7, 11) is 0. The van der Waals surface area contributed by atoms with Gasteiger partial charge in [-0.2, -0.15) is 0 Å². The molecule has 7 heteroatoms. The van der Waals surface area contributed by atoms with Gasteiger partial charge in [-0.15, -0.1) is 0 Å². The molecule has 1 N–H and O–H groups in total. The van der Waals surface area contributed by atoms with Crippen LogP contribution >= 0.6 is 34.8 Å². The van der Waals surface area contributed by atoms with Gasteiger partial charge < -0.3 is 15.1 Å². The van der Waals surface area contributed by atoms with E-state index in [1.165, 1.54) is 0 Å². The maximum absolute atomic E-state index is 12.4. The van der Waals surface area contributed by atoms with Crippen LogP contribution < -0.4 is 10.2 Å². The molecular weight excluding hydrogens is 381 g/mol. The number of amides is 2. The normalized spacial score (nSPS) is 14.5. The molecule has 4 nitrogen and oxygen atoms in total. The number of piperazine rings is 1. The quantitative estimate of drug-likeness (QED) is 0.815. The molecule has 1 saturated heterocycles. The molecule has 0 spiro atoms. The predicted octanol–water partition coefficient (Wildman–Crippen LogP) is 4.68. The molecule has 2 amide bonds. The number of urea groups is 1. The first-order chi connectivity index (χ1) is 12.0. The summed E-state index contributed by atoms with van der Waals surface area (Å²) in [4.78, 5) is 16.4. The van der Waals surface area contributed by atoms with E-state index in [-0.39, 0.29) is 6.03 Å². The monoisotopic (exact) mass is 397 g/mol. The first-order valence-corrected chi connectivity index (χ1v) is 9.13. The fourth-order valence-electron chi connectivity index (χ4n) is 2.79. The first kappa shape index (κ1) is 18.2. The average molecular weight is 399 g/mol. The molecule has 0 radical (unpaired) electrons. The number of hydrogen-bond donors (Lipinski definition) is 1. The highest BCUT2D eigenvalue weighted by atomic mass is 35.5. The molecule has 1 aliphatic rings. The maximum atomic E-state index is 12.4. The second kappa shape index (κ2) is 8.17. The van der Waals surface area contributed by atoms with Gasteiger partial charge in [-0.05, 0) is 35.9 Å². The standard InChI is InChI=1S/C18H18Cl3N3O/c19-14-2-1-3-16(10-14)23-6-8-24(9-7-23)18(25)22-12-13-4-5-15(20)11-17(13)21/h1-5,10-11H,6-9,12H2,(H,22,25). The number of halogens is 3. The van der Waals surface area contributed by atoms with Crippen LogP contribution in [0.3, 0.4) is 0 Å². The topological polar surface area (TPSA) is 35.6 Å². The Balaban J connectivity index is 1.51. The van der Waals surface area contributed by atoms with Crippen LogP contribution in [0.4, 0.5) is 10.5 Å². The third kappa shape index (κ3) is 4.72. The average Bonchev–Trinajstić information content (AvgIpc) is 2.61. The van der Waals surface area contributed by atoms with Gasteiger partial charge in [0.2, 0.25) is 0 Å². The summed E-state index contributed by atoms with van der Waals surface area (Å²) in [6.07, 6.45) is 0. The molecule has 2 aromatic rings. The Hall–Kier alpha value is -1.62. The highest BCUT2D eigenvalue weighted by molar-refractivity contribution is 6.35. The molecule has 0 atom stereocenters. The van der Waals surface area contributed by atoms with E-state index < -0.39 is 0 Å². The van der Waals surface area contributed by atoms with E-state index in [2.05, 4.69) is 10.2 Å². The van der Waals surface area contributed by atoms with E-state index in [0.29, 0.717) is 29.7 Å². The summed E-state index contributed by atoms with van der Waals surface area (Å²) in [6, 6.07) is 12.9. The van der Waals surface area contributed by atoms with Crippen LogP contribution in [-0.4, -0.2) is 37.1 Å². The molecule has 3 rings (SSSR count). The molecular formula is C18H18Cl3N3O. The molecule has 0 aliphatic carbocycles. The van der Waals surface area contributed by atoms with Crippen LogP contribution in [0.2, 0.25) is 15.1 Å². The van der Waals surface area contributed by atoms with Gasteiger partial charge in [0, 0.05) is 53.5 Å². The molecule has 0 bridgehead atoms. The molecule has 1 aliphatic heterocycles. The van der Waals surface area contributed by atoms with Crippen molar-refractivity contribution in [3.8, 4) is 0 Å². The van der Waals surface area contributed by atoms with E-state index in [9.17, 15) is 4.79 Å². The van der Waals surface area contributed by atoms with Crippen molar-refractivity contribution in [3.05, 3.63) is 63.1 Å². The van der Waals surface area contributed by atoms with E-state index >= 15 is 0 Å².